The molecule has 0 radical (unpaired) electrons. The van der Waals surface area contributed by atoms with E-state index in [1.165, 1.54) is 12.1 Å². The van der Waals surface area contributed by atoms with Gasteiger partial charge in [0.1, 0.15) is 5.82 Å². The zero-order valence-electron chi connectivity index (χ0n) is 11.6. The summed E-state index contributed by atoms with van der Waals surface area (Å²) in [5.74, 6) is -0.290. The maximum atomic E-state index is 13.2. The number of carbonyl (C=O) groups excluding carboxylic acids is 1. The van der Waals surface area contributed by atoms with Crippen LogP contribution in [0.5, 0.6) is 0 Å². The van der Waals surface area contributed by atoms with Gasteiger partial charge in [0.25, 0.3) is 0 Å². The highest BCUT2D eigenvalue weighted by molar-refractivity contribution is 5.85. The first-order valence-electron chi connectivity index (χ1n) is 6.79. The lowest BCUT2D eigenvalue weighted by Crippen LogP contribution is -2.54. The molecule has 19 heavy (non-hydrogen) atoms. The van der Waals surface area contributed by atoms with Gasteiger partial charge in [0, 0.05) is 13.1 Å². The molecule has 1 aromatic carbocycles. The van der Waals surface area contributed by atoms with E-state index in [0.717, 1.165) is 24.0 Å². The Kier molecular flexibility index (Phi) is 3.90. The Balaban J connectivity index is 2.15. The van der Waals surface area contributed by atoms with E-state index >= 15 is 0 Å². The van der Waals surface area contributed by atoms with Crippen LogP contribution in [0.1, 0.15) is 37.8 Å². The van der Waals surface area contributed by atoms with Crippen molar-refractivity contribution in [2.75, 3.05) is 6.54 Å². The van der Waals surface area contributed by atoms with Crippen LogP contribution in [0.15, 0.2) is 18.2 Å². The van der Waals surface area contributed by atoms with Crippen LogP contribution in [0.3, 0.4) is 0 Å². The van der Waals surface area contributed by atoms with Crippen LogP contribution in [-0.4, -0.2) is 22.9 Å². The van der Waals surface area contributed by atoms with Crippen molar-refractivity contribution in [3.8, 4) is 0 Å². The van der Waals surface area contributed by atoms with Gasteiger partial charge in [0.2, 0.25) is 5.91 Å². The number of fused-ring (bicyclic) bond motifs is 1. The molecule has 0 bridgehead atoms. The number of amides is 1. The Morgan fingerprint density at radius 3 is 2.89 bits per heavy atom. The van der Waals surface area contributed by atoms with Crippen molar-refractivity contribution in [1.29, 1.82) is 0 Å². The first-order chi connectivity index (χ1) is 8.94. The number of nitrogens with zero attached hydrogens (tertiary/aromatic N) is 1. The van der Waals surface area contributed by atoms with Crippen molar-refractivity contribution in [2.24, 2.45) is 5.73 Å². The third kappa shape index (κ3) is 2.95. The Bertz CT molecular complexity index is 485. The summed E-state index contributed by atoms with van der Waals surface area (Å²) in [4.78, 5) is 14.2. The number of halogens is 1. The summed E-state index contributed by atoms with van der Waals surface area (Å²) < 4.78 is 13.2. The fourth-order valence-corrected chi connectivity index (χ4v) is 2.69. The molecule has 1 heterocycles. The molecule has 0 saturated heterocycles. The molecular formula is C15H21FN2O. The molecule has 2 rings (SSSR count). The monoisotopic (exact) mass is 264 g/mol. The Hall–Kier alpha value is -1.42. The highest BCUT2D eigenvalue weighted by atomic mass is 19.1. The minimum Gasteiger partial charge on any atom is -0.336 e. The first-order valence-corrected chi connectivity index (χ1v) is 6.79. The molecule has 1 atom stereocenters. The summed E-state index contributed by atoms with van der Waals surface area (Å²) in [6.45, 7) is 4.91. The number of benzene rings is 1. The highest BCUT2D eigenvalue weighted by Gasteiger charge is 2.33. The lowest BCUT2D eigenvalue weighted by Gasteiger charge is -2.35. The predicted octanol–water partition coefficient (Wildman–Crippen LogP) is 2.23. The molecule has 0 saturated carbocycles. The maximum absolute atomic E-state index is 13.2. The molecule has 1 aliphatic rings. The lowest BCUT2D eigenvalue weighted by molar-refractivity contribution is -0.137. The van der Waals surface area contributed by atoms with Crippen LogP contribution in [0.2, 0.25) is 0 Å². The maximum Gasteiger partial charge on any atom is 0.242 e. The molecular weight excluding hydrogens is 243 g/mol. The van der Waals surface area contributed by atoms with E-state index in [2.05, 4.69) is 0 Å². The lowest BCUT2D eigenvalue weighted by atomic mass is 9.93. The van der Waals surface area contributed by atoms with E-state index in [0.29, 0.717) is 19.5 Å². The molecule has 3 nitrogen and oxygen atoms in total. The summed E-state index contributed by atoms with van der Waals surface area (Å²) in [7, 11) is 0. The summed E-state index contributed by atoms with van der Waals surface area (Å²) in [5.41, 5.74) is 7.29. The van der Waals surface area contributed by atoms with Gasteiger partial charge in [0.15, 0.2) is 0 Å². The SMILES string of the molecule is CCCC(C)(N)C(=O)N1CCc2ccc(F)cc2C1. The highest BCUT2D eigenvalue weighted by Crippen LogP contribution is 2.23. The average molecular weight is 264 g/mol. The molecule has 1 aliphatic heterocycles. The van der Waals surface area contributed by atoms with Gasteiger partial charge in [-0.15, -0.1) is 0 Å². The van der Waals surface area contributed by atoms with E-state index < -0.39 is 5.54 Å². The smallest absolute Gasteiger partial charge is 0.242 e. The Morgan fingerprint density at radius 1 is 1.47 bits per heavy atom. The molecule has 1 aromatic rings. The van der Waals surface area contributed by atoms with Crippen LogP contribution in [0.25, 0.3) is 0 Å². The number of hydrogen-bond acceptors (Lipinski definition) is 2. The van der Waals surface area contributed by atoms with Crippen LogP contribution >= 0.6 is 0 Å². The van der Waals surface area contributed by atoms with Crippen LogP contribution in [0, 0.1) is 5.82 Å². The van der Waals surface area contributed by atoms with E-state index in [4.69, 9.17) is 5.73 Å². The molecule has 4 heteroatoms. The van der Waals surface area contributed by atoms with E-state index in [9.17, 15) is 9.18 Å². The van der Waals surface area contributed by atoms with Crippen LogP contribution < -0.4 is 5.73 Å². The number of rotatable bonds is 3. The van der Waals surface area contributed by atoms with Crippen LogP contribution in [-0.2, 0) is 17.8 Å². The summed E-state index contributed by atoms with van der Waals surface area (Å²) >= 11 is 0. The molecule has 2 N–H and O–H groups in total. The fraction of sp³-hybridized carbons (Fsp3) is 0.533. The first kappa shape index (κ1) is 14.0. The van der Waals surface area contributed by atoms with Gasteiger partial charge in [0.05, 0.1) is 5.54 Å². The molecule has 0 spiro atoms. The zero-order valence-corrected chi connectivity index (χ0v) is 11.6. The van der Waals surface area contributed by atoms with Crippen molar-refractivity contribution in [2.45, 2.75) is 45.2 Å². The minimum atomic E-state index is -0.820. The van der Waals surface area contributed by atoms with Crippen molar-refractivity contribution >= 4 is 5.91 Å². The summed E-state index contributed by atoms with van der Waals surface area (Å²) in [5, 5.41) is 0. The fourth-order valence-electron chi connectivity index (χ4n) is 2.69. The van der Waals surface area contributed by atoms with Crippen molar-refractivity contribution in [1.82, 2.24) is 4.90 Å². The Labute approximate surface area is 113 Å². The molecule has 1 unspecified atom stereocenters. The van der Waals surface area contributed by atoms with E-state index in [-0.39, 0.29) is 11.7 Å². The minimum absolute atomic E-state index is 0.0377. The molecule has 0 fully saturated rings. The van der Waals surface area contributed by atoms with E-state index in [1.54, 1.807) is 17.9 Å². The topological polar surface area (TPSA) is 46.3 Å². The predicted molar refractivity (Wildman–Crippen MR) is 73.0 cm³/mol. The quantitative estimate of drug-likeness (QED) is 0.910. The summed E-state index contributed by atoms with van der Waals surface area (Å²) in [6.07, 6.45) is 2.31. The normalized spacial score (nSPS) is 17.8. The van der Waals surface area contributed by atoms with Gasteiger partial charge >= 0.3 is 0 Å². The van der Waals surface area contributed by atoms with Gasteiger partial charge in [-0.05, 0) is 43.0 Å². The second-order valence-corrected chi connectivity index (χ2v) is 5.56. The number of nitrogens with two attached hydrogens (primary N) is 1. The molecule has 104 valence electrons. The van der Waals surface area contributed by atoms with Crippen LogP contribution in [0.4, 0.5) is 4.39 Å². The third-order valence-electron chi connectivity index (χ3n) is 3.73. The van der Waals surface area contributed by atoms with Gasteiger partial charge < -0.3 is 10.6 Å². The second-order valence-electron chi connectivity index (χ2n) is 5.56. The van der Waals surface area contributed by atoms with Crippen molar-refractivity contribution < 1.29 is 9.18 Å². The zero-order chi connectivity index (χ0) is 14.0. The molecule has 0 aromatic heterocycles. The standard InChI is InChI=1S/C15H21FN2O/c1-3-7-15(2,17)14(19)18-8-6-11-4-5-13(16)9-12(11)10-18/h4-5,9H,3,6-8,10,17H2,1-2H3. The molecule has 0 aliphatic carbocycles. The third-order valence-corrected chi connectivity index (χ3v) is 3.73. The second kappa shape index (κ2) is 5.29. The number of hydrogen-bond donors (Lipinski definition) is 1. The van der Waals surface area contributed by atoms with Gasteiger partial charge in [-0.3, -0.25) is 4.79 Å². The van der Waals surface area contributed by atoms with E-state index in [1.807, 2.05) is 6.92 Å². The molecule has 1 amide bonds. The largest absolute Gasteiger partial charge is 0.336 e. The number of carbonyl (C=O) groups is 1. The van der Waals surface area contributed by atoms with Crippen molar-refractivity contribution in [3.05, 3.63) is 35.1 Å². The van der Waals surface area contributed by atoms with Gasteiger partial charge in [-0.2, -0.15) is 0 Å². The van der Waals surface area contributed by atoms with Gasteiger partial charge in [-0.25, -0.2) is 4.39 Å². The summed E-state index contributed by atoms with van der Waals surface area (Å²) in [6, 6.07) is 4.79. The average Bonchev–Trinajstić information content (AvgIpc) is 2.36. The van der Waals surface area contributed by atoms with Crippen molar-refractivity contribution in [3.63, 3.8) is 0 Å². The Morgan fingerprint density at radius 2 is 2.21 bits per heavy atom. The van der Waals surface area contributed by atoms with Gasteiger partial charge in [-0.1, -0.05) is 19.4 Å².